The van der Waals surface area contributed by atoms with Crippen molar-refractivity contribution in [3.05, 3.63) is 424 Å². The van der Waals surface area contributed by atoms with E-state index in [2.05, 4.69) is 165 Å². The normalized spacial score (nSPS) is 14.5. The maximum Gasteiger partial charge on any atom is 0.150 e. The zero-order chi connectivity index (χ0) is 70.3. The van der Waals surface area contributed by atoms with Crippen molar-refractivity contribution in [2.24, 2.45) is 0 Å². The Morgan fingerprint density at radius 1 is 0.340 bits per heavy atom. The molecule has 2 unspecified atom stereocenters. The monoisotopic (exact) mass is 1350 g/mol. The van der Waals surface area contributed by atoms with Gasteiger partial charge >= 0.3 is 0 Å². The third kappa shape index (κ3) is 11.7. The van der Waals surface area contributed by atoms with Crippen LogP contribution in [0.3, 0.4) is 0 Å². The second-order valence-electron chi connectivity index (χ2n) is 26.1. The first-order valence-electron chi connectivity index (χ1n) is 34.2. The first-order valence-corrected chi connectivity index (χ1v) is 34.2. The Bertz CT molecular complexity index is 5510. The zero-order valence-electron chi connectivity index (χ0n) is 56.6. The molecular weight excluding hydrogens is 1280 g/mol. The molecule has 0 saturated heterocycles. The molecule has 0 fully saturated rings. The van der Waals surface area contributed by atoms with Crippen LogP contribution in [0, 0.1) is 23.3 Å². The lowest BCUT2D eigenvalue weighted by atomic mass is 9.67. The van der Waals surface area contributed by atoms with Gasteiger partial charge in [-0.1, -0.05) is 219 Å². The van der Waals surface area contributed by atoms with Crippen molar-refractivity contribution in [1.29, 1.82) is 0 Å². The molecule has 0 bridgehead atoms. The maximum atomic E-state index is 16.7. The summed E-state index contributed by atoms with van der Waals surface area (Å²) >= 11 is 0. The quantitative estimate of drug-likeness (QED) is 0.0711. The van der Waals surface area contributed by atoms with Gasteiger partial charge in [0.2, 0.25) is 0 Å². The maximum absolute atomic E-state index is 16.7. The summed E-state index contributed by atoms with van der Waals surface area (Å²) in [6, 6.07) is 103. The topological polar surface area (TPSA) is 34.2 Å². The molecule has 0 amide bonds. The largest absolute Gasteiger partial charge is 0.497 e. The molecule has 0 spiro atoms. The van der Waals surface area contributed by atoms with Crippen LogP contribution in [0.2, 0.25) is 0 Å². The summed E-state index contributed by atoms with van der Waals surface area (Å²) in [6.45, 7) is 8.04. The highest BCUT2D eigenvalue weighted by atomic mass is 19.1. The van der Waals surface area contributed by atoms with Gasteiger partial charge < -0.3 is 24.0 Å². The number of halogens is 4. The number of benzene rings is 14. The summed E-state index contributed by atoms with van der Waals surface area (Å²) in [6.07, 6.45) is 4.39. The minimum Gasteiger partial charge on any atom is -0.497 e. The van der Waals surface area contributed by atoms with Gasteiger partial charge in [-0.2, -0.15) is 0 Å². The van der Waals surface area contributed by atoms with Gasteiger partial charge in [0.15, 0.2) is 0 Å². The average molecular weight is 1350 g/mol. The van der Waals surface area contributed by atoms with Crippen LogP contribution in [0.5, 0.6) is 23.0 Å². The molecule has 2 atom stereocenters. The molecule has 0 N–H and O–H groups in total. The third-order valence-corrected chi connectivity index (χ3v) is 20.4. The molecule has 16 rings (SSSR count). The molecule has 14 aromatic rings. The lowest BCUT2D eigenvalue weighted by molar-refractivity contribution is 0.414. The molecule has 2 aliphatic rings. The van der Waals surface area contributed by atoms with Crippen LogP contribution in [0.4, 0.5) is 46.0 Å². The number of methoxy groups -OCH3 is 2. The van der Waals surface area contributed by atoms with Gasteiger partial charge in [-0.05, 0) is 221 Å². The van der Waals surface area contributed by atoms with E-state index < -0.39 is 34.1 Å². The van der Waals surface area contributed by atoms with Crippen LogP contribution in [0.25, 0.3) is 45.5 Å². The smallest absolute Gasteiger partial charge is 0.150 e. The zero-order valence-corrected chi connectivity index (χ0v) is 56.6. The molecule has 14 aromatic carbocycles. The average Bonchev–Trinajstić information content (AvgIpc) is 1.56. The van der Waals surface area contributed by atoms with Crippen molar-refractivity contribution in [3.8, 4) is 56.4 Å². The lowest BCUT2D eigenvalue weighted by Gasteiger charge is -2.35. The van der Waals surface area contributed by atoms with E-state index in [-0.39, 0.29) is 17.9 Å². The van der Waals surface area contributed by atoms with Gasteiger partial charge in [0, 0.05) is 35.7 Å². The summed E-state index contributed by atoms with van der Waals surface area (Å²) in [4.78, 5) is 3.75. The van der Waals surface area contributed by atoms with Crippen molar-refractivity contribution in [1.82, 2.24) is 0 Å². The molecule has 0 aromatic heterocycles. The highest BCUT2D eigenvalue weighted by molar-refractivity contribution is 5.91. The molecule has 0 heterocycles. The van der Waals surface area contributed by atoms with Crippen LogP contribution < -0.4 is 24.0 Å². The van der Waals surface area contributed by atoms with Gasteiger partial charge in [0.25, 0.3) is 0 Å². The fraction of sp³-hybridized carbons (Fsp3) is 0.0638. The number of anilines is 5. The predicted molar refractivity (Wildman–Crippen MR) is 409 cm³/mol. The fourth-order valence-electron chi connectivity index (χ4n) is 15.5. The Morgan fingerprint density at radius 2 is 0.718 bits per heavy atom. The number of rotatable bonds is 20. The van der Waals surface area contributed by atoms with Crippen LogP contribution in [0.1, 0.15) is 72.3 Å². The highest BCUT2D eigenvalue weighted by Gasteiger charge is 2.48. The van der Waals surface area contributed by atoms with Gasteiger partial charge in [-0.15, -0.1) is 0 Å². The van der Waals surface area contributed by atoms with Crippen molar-refractivity contribution < 1.29 is 31.8 Å². The molecular formula is C94H68F4N2O3. The number of hydrogen-bond donors (Lipinski definition) is 0. The van der Waals surface area contributed by atoms with Crippen LogP contribution >= 0.6 is 0 Å². The molecule has 0 saturated carbocycles. The first kappa shape index (κ1) is 64.9. The first-order chi connectivity index (χ1) is 50.4. The number of nitrogens with zero attached hydrogens (tertiary/aromatic N) is 2. The van der Waals surface area contributed by atoms with E-state index in [4.69, 9.17) is 14.2 Å². The Kier molecular flexibility index (Phi) is 17.1. The summed E-state index contributed by atoms with van der Waals surface area (Å²) in [5.41, 5.74) is 20.1. The Morgan fingerprint density at radius 3 is 1.19 bits per heavy atom. The minimum absolute atomic E-state index is 0.157. The van der Waals surface area contributed by atoms with Gasteiger partial charge in [0.1, 0.15) is 46.3 Å². The summed E-state index contributed by atoms with van der Waals surface area (Å²) in [5, 5.41) is 0. The van der Waals surface area contributed by atoms with Gasteiger partial charge in [-0.25, -0.2) is 17.6 Å². The summed E-state index contributed by atoms with van der Waals surface area (Å²) < 4.78 is 81.2. The van der Waals surface area contributed by atoms with E-state index in [1.54, 1.807) is 20.3 Å². The van der Waals surface area contributed by atoms with E-state index in [0.717, 1.165) is 124 Å². The number of ether oxygens (including phenoxy) is 3. The molecule has 0 aliphatic heterocycles. The standard InChI is InChI=1S/C94H68F4N2O3/c1-5-61-15-17-63(18-16-61)55-64-21-29-68(30-22-64)93(69-31-45-77(101-3)46-32-69)85-13-9-7-11-81(85)83-51-41-75(58-87(83)93)99(91-53-37-72(95)56-89(91)97)60-65-19-25-66(26-20-65)67-27-39-74(40-28-67)100(92-54-38-73(96)57-90(92)98)76-42-52-84-82-12-8-10-14-86(82)94(88(84)59-76,70-33-47-78(102-4)48-34-70)71-35-49-80(50-36-71)103-79-43-23-62(6-2)24-44-79/h5-54,56-59H,1-2,55,60H2,3-4H3. The third-order valence-electron chi connectivity index (χ3n) is 20.4. The molecule has 5 nitrogen and oxygen atoms in total. The second-order valence-corrected chi connectivity index (χ2v) is 26.1. The fourth-order valence-corrected chi connectivity index (χ4v) is 15.5. The van der Waals surface area contributed by atoms with E-state index >= 15 is 13.2 Å². The second kappa shape index (κ2) is 27.1. The van der Waals surface area contributed by atoms with E-state index in [1.165, 1.54) is 29.8 Å². The Hall–Kier alpha value is -12.7. The van der Waals surface area contributed by atoms with Crippen LogP contribution in [-0.2, 0) is 23.8 Å². The van der Waals surface area contributed by atoms with Gasteiger partial charge in [-0.3, -0.25) is 0 Å². The van der Waals surface area contributed by atoms with E-state index in [1.807, 2.05) is 143 Å². The highest BCUT2D eigenvalue weighted by Crippen LogP contribution is 2.60. The molecule has 500 valence electrons. The van der Waals surface area contributed by atoms with Crippen LogP contribution in [0.15, 0.2) is 329 Å². The SMILES string of the molecule is C=Cc1ccc(Cc2ccc(C3(c4ccc(OC)cc4)c4ccccc4-c4ccc(N(Cc5ccc(-c6ccc(N(c7ccc8c(c7)C(c7ccc(OC)cc7)(c7ccc(Oc9ccc(C=C)cc9)cc7)c7ccccc7-8)c7ccc(F)cc7F)cc6)cc5)c5ccc(F)cc5F)cc43)cc2)cc1. The van der Waals surface area contributed by atoms with Gasteiger partial charge in [0.05, 0.1) is 36.4 Å². The van der Waals surface area contributed by atoms with E-state index in [9.17, 15) is 4.39 Å². The van der Waals surface area contributed by atoms with Crippen LogP contribution in [-0.4, -0.2) is 14.2 Å². The lowest BCUT2D eigenvalue weighted by Crippen LogP contribution is -2.29. The summed E-state index contributed by atoms with van der Waals surface area (Å²) in [5.74, 6) is -0.00768. The molecule has 0 radical (unpaired) electrons. The molecule has 2 aliphatic carbocycles. The summed E-state index contributed by atoms with van der Waals surface area (Å²) in [7, 11) is 3.32. The number of fused-ring (bicyclic) bond motifs is 6. The molecule has 103 heavy (non-hydrogen) atoms. The van der Waals surface area contributed by atoms with Crippen molar-refractivity contribution in [2.75, 3.05) is 24.0 Å². The number of hydrogen-bond acceptors (Lipinski definition) is 5. The predicted octanol–water partition coefficient (Wildman–Crippen LogP) is 24.1. The Labute approximate surface area is 597 Å². The minimum atomic E-state index is -0.892. The molecule has 9 heteroatoms. The Balaban J connectivity index is 0.751. The van der Waals surface area contributed by atoms with Crippen molar-refractivity contribution in [2.45, 2.75) is 23.8 Å². The van der Waals surface area contributed by atoms with Crippen molar-refractivity contribution >= 4 is 40.6 Å². The van der Waals surface area contributed by atoms with E-state index in [0.29, 0.717) is 34.3 Å². The van der Waals surface area contributed by atoms with Crippen molar-refractivity contribution in [3.63, 3.8) is 0 Å².